The van der Waals surface area contributed by atoms with Crippen molar-refractivity contribution in [2.24, 2.45) is 0 Å². The highest BCUT2D eigenvalue weighted by Gasteiger charge is 2.19. The van der Waals surface area contributed by atoms with Crippen molar-refractivity contribution in [3.63, 3.8) is 0 Å². The highest BCUT2D eigenvalue weighted by Crippen LogP contribution is 2.26. The number of rotatable bonds is 3. The van der Waals surface area contributed by atoms with Crippen LogP contribution in [-0.4, -0.2) is 10.8 Å². The monoisotopic (exact) mass is 336 g/mol. The maximum atomic E-state index is 13.1. The lowest BCUT2D eigenvalue weighted by Crippen LogP contribution is -2.03. The zero-order valence-corrected chi connectivity index (χ0v) is 14.3. The maximum absolute atomic E-state index is 13.1. The molecule has 0 radical (unpaired) electrons. The average molecular weight is 336 g/mol. The van der Waals surface area contributed by atoms with Crippen LogP contribution in [0, 0.1) is 18.3 Å². The summed E-state index contributed by atoms with van der Waals surface area (Å²) in [6.07, 6.45) is 1.69. The van der Waals surface area contributed by atoms with Gasteiger partial charge in [0.25, 0.3) is 0 Å². The van der Waals surface area contributed by atoms with E-state index in [0.717, 1.165) is 32.9 Å². The third-order valence-corrected chi connectivity index (χ3v) is 4.61. The fourth-order valence-corrected chi connectivity index (χ4v) is 3.38. The van der Waals surface area contributed by atoms with Crippen LogP contribution in [0.2, 0.25) is 0 Å². The van der Waals surface area contributed by atoms with Gasteiger partial charge in [0, 0.05) is 16.6 Å². The summed E-state index contributed by atoms with van der Waals surface area (Å²) in [6, 6.07) is 23.6. The Morgan fingerprint density at radius 3 is 2.46 bits per heavy atom. The molecule has 1 aromatic heterocycles. The molecule has 0 unspecified atom stereocenters. The van der Waals surface area contributed by atoms with E-state index in [4.69, 9.17) is 0 Å². The number of H-pyrrole nitrogens is 1. The Bertz CT molecular complexity index is 1220. The minimum Gasteiger partial charge on any atom is -0.358 e. The number of carbonyl (C=O) groups excluding carboxylic acids is 1. The smallest absolute Gasteiger partial charge is 0.205 e. The highest BCUT2D eigenvalue weighted by molar-refractivity contribution is 6.21. The average Bonchev–Trinajstić information content (AvgIpc) is 3.01. The van der Waals surface area contributed by atoms with Crippen molar-refractivity contribution in [1.29, 1.82) is 5.26 Å². The van der Waals surface area contributed by atoms with Crippen LogP contribution in [0.15, 0.2) is 72.3 Å². The van der Waals surface area contributed by atoms with Crippen LogP contribution < -0.4 is 0 Å². The summed E-state index contributed by atoms with van der Waals surface area (Å²) in [5.41, 5.74) is 3.24. The number of para-hydroxylation sites is 1. The number of allylic oxidation sites excluding steroid dienone is 1. The summed E-state index contributed by atoms with van der Waals surface area (Å²) in [7, 11) is 0. The van der Waals surface area contributed by atoms with Crippen molar-refractivity contribution in [2.45, 2.75) is 6.92 Å². The van der Waals surface area contributed by atoms with Crippen molar-refractivity contribution in [1.82, 2.24) is 4.98 Å². The number of Topliss-reactive ketones (excluding diaryl/α,β-unsaturated/α-hetero) is 1. The lowest BCUT2D eigenvalue weighted by Gasteiger charge is -2.04. The van der Waals surface area contributed by atoms with Crippen molar-refractivity contribution in [3.8, 4) is 6.07 Å². The fourth-order valence-electron chi connectivity index (χ4n) is 3.38. The Hall–Kier alpha value is -3.64. The second kappa shape index (κ2) is 6.34. The number of aromatic nitrogens is 1. The van der Waals surface area contributed by atoms with E-state index in [-0.39, 0.29) is 11.4 Å². The normalized spacial score (nSPS) is 11.6. The zero-order valence-electron chi connectivity index (χ0n) is 14.3. The van der Waals surface area contributed by atoms with Gasteiger partial charge in [-0.2, -0.15) is 5.26 Å². The van der Waals surface area contributed by atoms with Gasteiger partial charge in [0.15, 0.2) is 0 Å². The molecule has 124 valence electrons. The largest absolute Gasteiger partial charge is 0.358 e. The molecule has 0 saturated carbocycles. The second-order valence-electron chi connectivity index (χ2n) is 6.24. The third kappa shape index (κ3) is 2.58. The number of benzene rings is 3. The SMILES string of the molecule is Cc1[nH]c2ccccc2c1C(=O)/C(C#N)=C/c1cccc2ccccc12. The minimum absolute atomic E-state index is 0.134. The van der Waals surface area contributed by atoms with Crippen molar-refractivity contribution in [2.75, 3.05) is 0 Å². The number of aromatic amines is 1. The number of hydrogen-bond acceptors (Lipinski definition) is 2. The number of nitriles is 1. The van der Waals surface area contributed by atoms with Gasteiger partial charge in [-0.3, -0.25) is 4.79 Å². The molecule has 26 heavy (non-hydrogen) atoms. The van der Waals surface area contributed by atoms with Gasteiger partial charge in [0.2, 0.25) is 5.78 Å². The van der Waals surface area contributed by atoms with Crippen LogP contribution in [-0.2, 0) is 0 Å². The second-order valence-corrected chi connectivity index (χ2v) is 6.24. The number of aryl methyl sites for hydroxylation is 1. The van der Waals surface area contributed by atoms with E-state index in [1.165, 1.54) is 0 Å². The Morgan fingerprint density at radius 2 is 1.65 bits per heavy atom. The predicted molar refractivity (Wildman–Crippen MR) is 105 cm³/mol. The number of hydrogen-bond donors (Lipinski definition) is 1. The Morgan fingerprint density at radius 1 is 0.962 bits per heavy atom. The number of nitrogens with zero attached hydrogens (tertiary/aromatic N) is 1. The molecule has 1 N–H and O–H groups in total. The third-order valence-electron chi connectivity index (χ3n) is 4.61. The lowest BCUT2D eigenvalue weighted by molar-refractivity contribution is 0.104. The van der Waals surface area contributed by atoms with Gasteiger partial charge in [-0.1, -0.05) is 60.7 Å². The van der Waals surface area contributed by atoms with Gasteiger partial charge >= 0.3 is 0 Å². The molecule has 0 aliphatic carbocycles. The molecule has 0 aliphatic heterocycles. The summed E-state index contributed by atoms with van der Waals surface area (Å²) in [5.74, 6) is -0.254. The van der Waals surface area contributed by atoms with Crippen LogP contribution in [0.3, 0.4) is 0 Å². The highest BCUT2D eigenvalue weighted by atomic mass is 16.1. The first-order valence-electron chi connectivity index (χ1n) is 8.40. The van der Waals surface area contributed by atoms with Gasteiger partial charge in [-0.25, -0.2) is 0 Å². The molecule has 0 atom stereocenters. The molecule has 4 rings (SSSR count). The topological polar surface area (TPSA) is 56.6 Å². The number of carbonyl (C=O) groups is 1. The molecule has 3 aromatic carbocycles. The van der Waals surface area contributed by atoms with Crippen molar-refractivity contribution in [3.05, 3.63) is 89.1 Å². The molecule has 1 heterocycles. The van der Waals surface area contributed by atoms with Gasteiger partial charge in [-0.05, 0) is 35.4 Å². The number of ketones is 1. The van der Waals surface area contributed by atoms with Crippen molar-refractivity contribution < 1.29 is 4.79 Å². The van der Waals surface area contributed by atoms with Crippen LogP contribution in [0.1, 0.15) is 21.6 Å². The van der Waals surface area contributed by atoms with Gasteiger partial charge in [0.05, 0.1) is 5.56 Å². The maximum Gasteiger partial charge on any atom is 0.205 e. The summed E-state index contributed by atoms with van der Waals surface area (Å²) in [4.78, 5) is 16.3. The Balaban J connectivity index is 1.87. The van der Waals surface area contributed by atoms with Crippen LogP contribution in [0.4, 0.5) is 0 Å². The first-order chi connectivity index (χ1) is 12.7. The van der Waals surface area contributed by atoms with E-state index in [1.807, 2.05) is 73.7 Å². The summed E-state index contributed by atoms with van der Waals surface area (Å²) in [5, 5.41) is 12.6. The molecular formula is C23H16N2O. The van der Waals surface area contributed by atoms with Crippen molar-refractivity contribution >= 4 is 33.5 Å². The van der Waals surface area contributed by atoms with Crippen LogP contribution in [0.25, 0.3) is 27.8 Å². The van der Waals surface area contributed by atoms with E-state index in [0.29, 0.717) is 5.56 Å². The fraction of sp³-hybridized carbons (Fsp3) is 0.0435. The predicted octanol–water partition coefficient (Wildman–Crippen LogP) is 5.42. The summed E-state index contributed by atoms with van der Waals surface area (Å²) < 4.78 is 0. The molecule has 3 nitrogen and oxygen atoms in total. The lowest BCUT2D eigenvalue weighted by atomic mass is 9.97. The van der Waals surface area contributed by atoms with E-state index >= 15 is 0 Å². The molecule has 3 heteroatoms. The first-order valence-corrected chi connectivity index (χ1v) is 8.40. The quantitative estimate of drug-likeness (QED) is 0.308. The Labute approximate surface area is 151 Å². The van der Waals surface area contributed by atoms with Crippen LogP contribution in [0.5, 0.6) is 0 Å². The Kier molecular flexibility index (Phi) is 3.87. The minimum atomic E-state index is -0.254. The number of fused-ring (bicyclic) bond motifs is 2. The molecule has 4 aromatic rings. The van der Waals surface area contributed by atoms with Gasteiger partial charge in [-0.15, -0.1) is 0 Å². The summed E-state index contributed by atoms with van der Waals surface area (Å²) in [6.45, 7) is 1.86. The summed E-state index contributed by atoms with van der Waals surface area (Å²) >= 11 is 0. The molecule has 0 bridgehead atoms. The number of nitrogens with one attached hydrogen (secondary N) is 1. The molecule has 0 saturated heterocycles. The van der Waals surface area contributed by atoms with E-state index in [1.54, 1.807) is 6.08 Å². The molecule has 0 fully saturated rings. The first kappa shape index (κ1) is 15.9. The van der Waals surface area contributed by atoms with Gasteiger partial charge in [0.1, 0.15) is 11.6 Å². The van der Waals surface area contributed by atoms with Gasteiger partial charge < -0.3 is 4.98 Å². The van der Waals surface area contributed by atoms with E-state index in [2.05, 4.69) is 11.1 Å². The van der Waals surface area contributed by atoms with Crippen LogP contribution >= 0.6 is 0 Å². The van der Waals surface area contributed by atoms with E-state index in [9.17, 15) is 10.1 Å². The zero-order chi connectivity index (χ0) is 18.1. The molecule has 0 spiro atoms. The van der Waals surface area contributed by atoms with E-state index < -0.39 is 0 Å². The molecular weight excluding hydrogens is 320 g/mol. The molecule has 0 aliphatic rings. The molecule has 0 amide bonds. The standard InChI is InChI=1S/C23H16N2O/c1-15-22(20-11-4-5-12-21(20)25-15)23(26)18(14-24)13-17-9-6-8-16-7-2-3-10-19(16)17/h2-13,25H,1H3/b18-13+.